The fourth-order valence-corrected chi connectivity index (χ4v) is 4.64. The zero-order valence-electron chi connectivity index (χ0n) is 20.8. The molecule has 0 unspecified atom stereocenters. The number of nitrogens with zero attached hydrogens (tertiary/aromatic N) is 4. The molecule has 1 atom stereocenters. The van der Waals surface area contributed by atoms with Crippen LogP contribution in [0.2, 0.25) is 10.0 Å². The maximum atomic E-state index is 12.4. The molecule has 0 bridgehead atoms. The first kappa shape index (κ1) is 29.0. The van der Waals surface area contributed by atoms with E-state index in [0.29, 0.717) is 68.5 Å². The Labute approximate surface area is 226 Å². The van der Waals surface area contributed by atoms with Crippen molar-refractivity contribution in [2.75, 3.05) is 71.6 Å². The Morgan fingerprint density at radius 2 is 1.84 bits per heavy atom. The summed E-state index contributed by atoms with van der Waals surface area (Å²) in [4.78, 5) is 17.2. The monoisotopic (exact) mass is 550 g/mol. The second kappa shape index (κ2) is 15.6. The Kier molecular flexibility index (Phi) is 12.3. The third-order valence-electron chi connectivity index (χ3n) is 5.71. The van der Waals surface area contributed by atoms with Gasteiger partial charge in [-0.2, -0.15) is 0 Å². The van der Waals surface area contributed by atoms with Gasteiger partial charge in [0, 0.05) is 52.7 Å². The van der Waals surface area contributed by atoms with E-state index in [9.17, 15) is 4.79 Å². The summed E-state index contributed by atoms with van der Waals surface area (Å²) in [6.07, 6.45) is 0. The van der Waals surface area contributed by atoms with Crippen molar-refractivity contribution >= 4 is 34.9 Å². The maximum absolute atomic E-state index is 12.4. The number of carbonyl (C=O) groups is 1. The quantitative estimate of drug-likeness (QED) is 0.147. The van der Waals surface area contributed by atoms with Crippen molar-refractivity contribution in [3.05, 3.63) is 73.6 Å². The lowest BCUT2D eigenvalue weighted by Crippen LogP contribution is -2.32. The first-order valence-corrected chi connectivity index (χ1v) is 12.8. The number of likely N-dealkylation sites (N-methyl/N-ethyl adjacent to an activating group) is 1. The summed E-state index contributed by atoms with van der Waals surface area (Å²) in [5.74, 6) is 0.0923. The van der Waals surface area contributed by atoms with E-state index in [0.717, 1.165) is 29.8 Å². The van der Waals surface area contributed by atoms with Gasteiger partial charge in [-0.3, -0.25) is 0 Å². The molecule has 1 heterocycles. The van der Waals surface area contributed by atoms with Gasteiger partial charge in [-0.05, 0) is 53.5 Å². The molecule has 0 spiro atoms. The molecule has 200 valence electrons. The standard InChI is InChI=1S/C25H32Cl2N6O4/c1-33-16-22(21-14-19(26)15-24(27)23(21)17-33)18-3-2-4-20(13-18)31-25(34)29-5-7-35-9-11-37-12-10-36-8-6-30-32-28/h2-4,13-15,22H,5-12,16-17H2,1H3,(H2,29,31,34)/t22-/m0/s1. The maximum Gasteiger partial charge on any atom is 0.319 e. The van der Waals surface area contributed by atoms with Crippen molar-refractivity contribution < 1.29 is 19.0 Å². The highest BCUT2D eigenvalue weighted by Gasteiger charge is 2.27. The van der Waals surface area contributed by atoms with Crippen LogP contribution in [0.25, 0.3) is 10.4 Å². The Morgan fingerprint density at radius 1 is 1.11 bits per heavy atom. The van der Waals surface area contributed by atoms with Crippen molar-refractivity contribution in [1.82, 2.24) is 10.2 Å². The number of rotatable bonds is 14. The molecule has 12 heteroatoms. The van der Waals surface area contributed by atoms with Gasteiger partial charge in [-0.25, -0.2) is 4.79 Å². The molecule has 1 aliphatic heterocycles. The average molecular weight is 551 g/mol. The molecule has 2 N–H and O–H groups in total. The number of urea groups is 1. The summed E-state index contributed by atoms with van der Waals surface area (Å²) < 4.78 is 16.1. The van der Waals surface area contributed by atoms with Gasteiger partial charge in [0.05, 0.1) is 39.6 Å². The fourth-order valence-electron chi connectivity index (χ4n) is 4.07. The molecule has 2 aromatic carbocycles. The van der Waals surface area contributed by atoms with E-state index < -0.39 is 0 Å². The largest absolute Gasteiger partial charge is 0.379 e. The summed E-state index contributed by atoms with van der Waals surface area (Å²) in [5, 5.41) is 10.3. The van der Waals surface area contributed by atoms with Crippen molar-refractivity contribution in [3.8, 4) is 0 Å². The molecule has 0 aliphatic carbocycles. The van der Waals surface area contributed by atoms with Crippen molar-refractivity contribution in [2.24, 2.45) is 5.11 Å². The van der Waals surface area contributed by atoms with Crippen LogP contribution in [0.4, 0.5) is 10.5 Å². The van der Waals surface area contributed by atoms with E-state index >= 15 is 0 Å². The lowest BCUT2D eigenvalue weighted by atomic mass is 9.84. The molecule has 3 rings (SSSR count). The molecule has 2 amide bonds. The van der Waals surface area contributed by atoms with Gasteiger partial charge in [-0.1, -0.05) is 40.4 Å². The number of hydrogen-bond acceptors (Lipinski definition) is 6. The number of anilines is 1. The first-order valence-electron chi connectivity index (χ1n) is 12.0. The SMILES string of the molecule is CN1Cc2c(Cl)cc(Cl)cc2[C@H](c2cccc(NC(=O)NCCOCCOCCOCCN=[N+]=[N-])c2)C1. The predicted molar refractivity (Wildman–Crippen MR) is 145 cm³/mol. The highest BCUT2D eigenvalue weighted by molar-refractivity contribution is 6.35. The number of benzene rings is 2. The van der Waals surface area contributed by atoms with Crippen LogP contribution in [0.15, 0.2) is 41.5 Å². The number of ether oxygens (including phenoxy) is 3. The van der Waals surface area contributed by atoms with Crippen molar-refractivity contribution in [2.45, 2.75) is 12.5 Å². The molecule has 0 radical (unpaired) electrons. The number of azide groups is 1. The van der Waals surface area contributed by atoms with E-state index in [1.165, 1.54) is 0 Å². The molecular formula is C25H32Cl2N6O4. The molecule has 0 saturated heterocycles. The summed E-state index contributed by atoms with van der Waals surface area (Å²) in [6.45, 7) is 4.70. The molecule has 37 heavy (non-hydrogen) atoms. The van der Waals surface area contributed by atoms with Gasteiger partial charge in [0.15, 0.2) is 0 Å². The van der Waals surface area contributed by atoms with Crippen LogP contribution < -0.4 is 10.6 Å². The van der Waals surface area contributed by atoms with E-state index in [2.05, 4.69) is 38.7 Å². The van der Waals surface area contributed by atoms with Crippen molar-refractivity contribution in [1.29, 1.82) is 0 Å². The van der Waals surface area contributed by atoms with Gasteiger partial charge in [0.2, 0.25) is 0 Å². The van der Waals surface area contributed by atoms with Crippen LogP contribution >= 0.6 is 23.2 Å². The number of carbonyl (C=O) groups excluding carboxylic acids is 1. The number of amides is 2. The summed E-state index contributed by atoms with van der Waals surface area (Å²) in [7, 11) is 2.07. The number of nitrogens with one attached hydrogen (secondary N) is 2. The zero-order valence-corrected chi connectivity index (χ0v) is 22.3. The van der Waals surface area contributed by atoms with E-state index in [1.807, 2.05) is 24.3 Å². The molecule has 2 aromatic rings. The number of halogens is 2. The smallest absolute Gasteiger partial charge is 0.319 e. The highest BCUT2D eigenvalue weighted by atomic mass is 35.5. The lowest BCUT2D eigenvalue weighted by Gasteiger charge is -2.33. The Morgan fingerprint density at radius 3 is 2.59 bits per heavy atom. The topological polar surface area (TPSA) is 121 Å². The molecular weight excluding hydrogens is 519 g/mol. The highest BCUT2D eigenvalue weighted by Crippen LogP contribution is 2.38. The molecule has 1 aliphatic rings. The number of hydrogen-bond donors (Lipinski definition) is 2. The average Bonchev–Trinajstić information content (AvgIpc) is 2.87. The second-order valence-electron chi connectivity index (χ2n) is 8.50. The Hall–Kier alpha value is -2.56. The third-order valence-corrected chi connectivity index (χ3v) is 6.27. The van der Waals surface area contributed by atoms with Gasteiger partial charge in [0.25, 0.3) is 0 Å². The normalized spacial score (nSPS) is 15.1. The summed E-state index contributed by atoms with van der Waals surface area (Å²) >= 11 is 12.8. The van der Waals surface area contributed by atoms with Crippen LogP contribution in [0.1, 0.15) is 22.6 Å². The second-order valence-corrected chi connectivity index (χ2v) is 9.35. The van der Waals surface area contributed by atoms with Crippen molar-refractivity contribution in [3.63, 3.8) is 0 Å². The summed E-state index contributed by atoms with van der Waals surface area (Å²) in [6, 6.07) is 11.3. The molecule has 0 saturated carbocycles. The van der Waals surface area contributed by atoms with Gasteiger partial charge in [-0.15, -0.1) is 0 Å². The third kappa shape index (κ3) is 9.68. The molecule has 10 nitrogen and oxygen atoms in total. The minimum Gasteiger partial charge on any atom is -0.379 e. The molecule has 0 aromatic heterocycles. The van der Waals surface area contributed by atoms with E-state index in [4.69, 9.17) is 42.9 Å². The van der Waals surface area contributed by atoms with E-state index in [-0.39, 0.29) is 11.9 Å². The summed E-state index contributed by atoms with van der Waals surface area (Å²) in [5.41, 5.74) is 12.1. The Balaban J connectivity index is 1.37. The Bertz CT molecular complexity index is 1080. The first-order chi connectivity index (χ1) is 18.0. The van der Waals surface area contributed by atoms with Gasteiger partial charge >= 0.3 is 6.03 Å². The van der Waals surface area contributed by atoms with E-state index in [1.54, 1.807) is 6.07 Å². The minimum absolute atomic E-state index is 0.0923. The van der Waals surface area contributed by atoms with Crippen LogP contribution in [0.3, 0.4) is 0 Å². The van der Waals surface area contributed by atoms with Crippen LogP contribution in [-0.2, 0) is 20.8 Å². The van der Waals surface area contributed by atoms with Gasteiger partial charge < -0.3 is 29.7 Å². The van der Waals surface area contributed by atoms with Crippen LogP contribution in [-0.4, -0.2) is 77.3 Å². The molecule has 0 fully saturated rings. The minimum atomic E-state index is -0.304. The lowest BCUT2D eigenvalue weighted by molar-refractivity contribution is 0.0169. The predicted octanol–water partition coefficient (Wildman–Crippen LogP) is 5.05. The number of fused-ring (bicyclic) bond motifs is 1. The van der Waals surface area contributed by atoms with Crippen LogP contribution in [0.5, 0.6) is 0 Å². The zero-order chi connectivity index (χ0) is 26.5. The van der Waals surface area contributed by atoms with Gasteiger partial charge in [0.1, 0.15) is 0 Å². The fraction of sp³-hybridized carbons (Fsp3) is 0.480. The van der Waals surface area contributed by atoms with Crippen LogP contribution in [0, 0.1) is 0 Å².